The molecule has 14 heavy (non-hydrogen) atoms. The lowest BCUT2D eigenvalue weighted by molar-refractivity contribution is 0.0672. The van der Waals surface area contributed by atoms with Gasteiger partial charge >= 0.3 is 6.09 Å². The zero-order valence-electron chi connectivity index (χ0n) is 9.07. The largest absolute Gasteiger partial charge is 0.465 e. The maximum Gasteiger partial charge on any atom is 0.407 e. The first kappa shape index (κ1) is 11.3. The van der Waals surface area contributed by atoms with E-state index in [9.17, 15) is 4.79 Å². The van der Waals surface area contributed by atoms with Crippen LogP contribution in [0.4, 0.5) is 4.79 Å². The van der Waals surface area contributed by atoms with Gasteiger partial charge in [0.15, 0.2) is 0 Å². The summed E-state index contributed by atoms with van der Waals surface area (Å²) in [6.07, 6.45) is 1.40. The quantitative estimate of drug-likeness (QED) is 0.750. The van der Waals surface area contributed by atoms with Crippen molar-refractivity contribution in [3.8, 4) is 0 Å². The third kappa shape index (κ3) is 2.61. The van der Waals surface area contributed by atoms with Crippen molar-refractivity contribution in [1.29, 1.82) is 0 Å². The Labute approximate surface area is 85.5 Å². The summed E-state index contributed by atoms with van der Waals surface area (Å²) in [5.41, 5.74) is 0. The Kier molecular flexibility index (Phi) is 4.20. The third-order valence-corrected chi connectivity index (χ3v) is 2.86. The zero-order valence-corrected chi connectivity index (χ0v) is 9.07. The summed E-state index contributed by atoms with van der Waals surface area (Å²) >= 11 is 0. The number of hydrogen-bond acceptors (Lipinski definition) is 2. The molecule has 0 aromatic rings. The highest BCUT2D eigenvalue weighted by Gasteiger charge is 2.27. The Morgan fingerprint density at radius 2 is 2.14 bits per heavy atom. The minimum absolute atomic E-state index is 0.416. The molecule has 1 heterocycles. The second-order valence-electron chi connectivity index (χ2n) is 3.83. The van der Waals surface area contributed by atoms with Crippen molar-refractivity contribution >= 4 is 6.09 Å². The van der Waals surface area contributed by atoms with E-state index in [1.165, 1.54) is 4.90 Å². The molecule has 1 fully saturated rings. The Hall–Kier alpha value is -0.770. The molecule has 4 heteroatoms. The minimum Gasteiger partial charge on any atom is -0.465 e. The van der Waals surface area contributed by atoms with Crippen LogP contribution in [-0.2, 0) is 0 Å². The summed E-state index contributed by atoms with van der Waals surface area (Å²) in [4.78, 5) is 14.7. The molecule has 1 amide bonds. The highest BCUT2D eigenvalue weighted by atomic mass is 16.4. The molecule has 0 bridgehead atoms. The van der Waals surface area contributed by atoms with Crippen LogP contribution in [0.1, 0.15) is 26.7 Å². The van der Waals surface area contributed by atoms with Gasteiger partial charge in [0.25, 0.3) is 0 Å². The van der Waals surface area contributed by atoms with Crippen LogP contribution in [0.15, 0.2) is 0 Å². The normalized spacial score (nSPS) is 23.9. The van der Waals surface area contributed by atoms with Crippen molar-refractivity contribution in [2.45, 2.75) is 32.7 Å². The standard InChI is InChI=1S/C10H20N2O2/c1-3-5-11-6-7-12(10(13)14)8-9(11)4-2/h9H,3-8H2,1-2H3,(H,13,14)/t9-/m0/s1. The van der Waals surface area contributed by atoms with Gasteiger partial charge in [0, 0.05) is 25.7 Å². The van der Waals surface area contributed by atoms with E-state index in [2.05, 4.69) is 18.7 Å². The van der Waals surface area contributed by atoms with Gasteiger partial charge in [-0.15, -0.1) is 0 Å². The molecule has 0 aromatic carbocycles. The maximum atomic E-state index is 10.8. The Morgan fingerprint density at radius 3 is 2.64 bits per heavy atom. The van der Waals surface area contributed by atoms with Gasteiger partial charge < -0.3 is 10.0 Å². The van der Waals surface area contributed by atoms with Crippen LogP contribution in [0, 0.1) is 0 Å². The molecule has 0 radical (unpaired) electrons. The van der Waals surface area contributed by atoms with Crippen molar-refractivity contribution in [3.05, 3.63) is 0 Å². The molecular formula is C10H20N2O2. The molecule has 1 saturated heterocycles. The Morgan fingerprint density at radius 1 is 1.43 bits per heavy atom. The topological polar surface area (TPSA) is 43.8 Å². The number of piperazine rings is 1. The van der Waals surface area contributed by atoms with E-state index in [1.54, 1.807) is 0 Å². The number of carbonyl (C=O) groups is 1. The van der Waals surface area contributed by atoms with Crippen LogP contribution in [0.5, 0.6) is 0 Å². The van der Waals surface area contributed by atoms with E-state index in [0.29, 0.717) is 19.1 Å². The summed E-state index contributed by atoms with van der Waals surface area (Å²) < 4.78 is 0. The smallest absolute Gasteiger partial charge is 0.407 e. The molecule has 82 valence electrons. The molecule has 0 unspecified atom stereocenters. The summed E-state index contributed by atoms with van der Waals surface area (Å²) in [6, 6.07) is 0.416. The van der Waals surface area contributed by atoms with Crippen molar-refractivity contribution in [2.75, 3.05) is 26.2 Å². The van der Waals surface area contributed by atoms with Gasteiger partial charge in [-0.25, -0.2) is 4.79 Å². The van der Waals surface area contributed by atoms with Gasteiger partial charge in [-0.2, -0.15) is 0 Å². The van der Waals surface area contributed by atoms with Crippen LogP contribution in [-0.4, -0.2) is 53.2 Å². The fourth-order valence-corrected chi connectivity index (χ4v) is 2.04. The van der Waals surface area contributed by atoms with E-state index in [4.69, 9.17) is 5.11 Å². The molecule has 0 spiro atoms. The Bertz CT molecular complexity index is 197. The third-order valence-electron chi connectivity index (χ3n) is 2.86. The summed E-state index contributed by atoms with van der Waals surface area (Å²) in [7, 11) is 0. The lowest BCUT2D eigenvalue weighted by Gasteiger charge is -2.39. The Balaban J connectivity index is 2.50. The van der Waals surface area contributed by atoms with Crippen molar-refractivity contribution in [2.24, 2.45) is 0 Å². The predicted molar refractivity (Wildman–Crippen MR) is 55.5 cm³/mol. The number of rotatable bonds is 3. The summed E-state index contributed by atoms with van der Waals surface area (Å²) in [5.74, 6) is 0. The fourth-order valence-electron chi connectivity index (χ4n) is 2.04. The number of nitrogens with zero attached hydrogens (tertiary/aromatic N) is 2. The second kappa shape index (κ2) is 5.20. The molecule has 0 aliphatic carbocycles. The first-order chi connectivity index (χ1) is 6.69. The van der Waals surface area contributed by atoms with Gasteiger partial charge in [-0.05, 0) is 19.4 Å². The zero-order chi connectivity index (χ0) is 10.6. The predicted octanol–water partition coefficient (Wildman–Crippen LogP) is 1.47. The van der Waals surface area contributed by atoms with Gasteiger partial charge in [-0.3, -0.25) is 4.90 Å². The molecule has 1 aliphatic heterocycles. The van der Waals surface area contributed by atoms with E-state index < -0.39 is 6.09 Å². The van der Waals surface area contributed by atoms with Crippen LogP contribution >= 0.6 is 0 Å². The monoisotopic (exact) mass is 200 g/mol. The van der Waals surface area contributed by atoms with Gasteiger partial charge in [-0.1, -0.05) is 13.8 Å². The van der Waals surface area contributed by atoms with Crippen LogP contribution < -0.4 is 0 Å². The van der Waals surface area contributed by atoms with Crippen LogP contribution in [0.2, 0.25) is 0 Å². The molecule has 0 saturated carbocycles. The average molecular weight is 200 g/mol. The highest BCUT2D eigenvalue weighted by Crippen LogP contribution is 2.13. The molecule has 1 atom stereocenters. The fraction of sp³-hybridized carbons (Fsp3) is 0.900. The minimum atomic E-state index is -0.778. The number of carboxylic acid groups (broad SMARTS) is 1. The first-order valence-electron chi connectivity index (χ1n) is 5.41. The van der Waals surface area contributed by atoms with Gasteiger partial charge in [0.05, 0.1) is 0 Å². The lowest BCUT2D eigenvalue weighted by atomic mass is 10.1. The van der Waals surface area contributed by atoms with E-state index in [-0.39, 0.29) is 0 Å². The van der Waals surface area contributed by atoms with Crippen molar-refractivity contribution in [1.82, 2.24) is 9.80 Å². The van der Waals surface area contributed by atoms with Gasteiger partial charge in [0.1, 0.15) is 0 Å². The average Bonchev–Trinajstić information content (AvgIpc) is 2.18. The number of hydrogen-bond donors (Lipinski definition) is 1. The van der Waals surface area contributed by atoms with E-state index >= 15 is 0 Å². The first-order valence-corrected chi connectivity index (χ1v) is 5.41. The lowest BCUT2D eigenvalue weighted by Crippen LogP contribution is -2.54. The summed E-state index contributed by atoms with van der Waals surface area (Å²) in [5, 5.41) is 8.88. The van der Waals surface area contributed by atoms with Crippen LogP contribution in [0.3, 0.4) is 0 Å². The van der Waals surface area contributed by atoms with Crippen LogP contribution in [0.25, 0.3) is 0 Å². The van der Waals surface area contributed by atoms with E-state index in [0.717, 1.165) is 25.9 Å². The molecule has 1 aliphatic rings. The van der Waals surface area contributed by atoms with Crippen molar-refractivity contribution in [3.63, 3.8) is 0 Å². The van der Waals surface area contributed by atoms with Gasteiger partial charge in [0.2, 0.25) is 0 Å². The maximum absolute atomic E-state index is 10.8. The van der Waals surface area contributed by atoms with Crippen molar-refractivity contribution < 1.29 is 9.90 Å². The second-order valence-corrected chi connectivity index (χ2v) is 3.83. The summed E-state index contributed by atoms with van der Waals surface area (Å²) in [6.45, 7) is 7.59. The van der Waals surface area contributed by atoms with E-state index in [1.807, 2.05) is 0 Å². The molecular weight excluding hydrogens is 180 g/mol. The molecule has 0 aromatic heterocycles. The highest BCUT2D eigenvalue weighted by molar-refractivity contribution is 5.65. The molecule has 4 nitrogen and oxygen atoms in total. The molecule has 1 N–H and O–H groups in total. The number of amides is 1. The SMILES string of the molecule is CCCN1CCN(C(=O)O)C[C@@H]1CC. The molecule has 1 rings (SSSR count).